The molecule has 0 aliphatic rings. The van der Waals surface area contributed by atoms with Gasteiger partial charge < -0.3 is 20.5 Å². The van der Waals surface area contributed by atoms with E-state index >= 15 is 0 Å². The van der Waals surface area contributed by atoms with Gasteiger partial charge in [0.1, 0.15) is 11.5 Å². The molecule has 3 aromatic carbocycles. The molecule has 2 amide bonds. The van der Waals surface area contributed by atoms with Gasteiger partial charge in [0, 0.05) is 12.1 Å². The molecule has 0 saturated heterocycles. The van der Waals surface area contributed by atoms with Crippen molar-refractivity contribution in [3.63, 3.8) is 0 Å². The lowest BCUT2D eigenvalue weighted by molar-refractivity contribution is -0.116. The van der Waals surface area contributed by atoms with E-state index in [9.17, 15) is 14.7 Å². The van der Waals surface area contributed by atoms with Crippen LogP contribution in [0.5, 0.6) is 17.2 Å². The maximum Gasteiger partial charge on any atom is 0.255 e. The summed E-state index contributed by atoms with van der Waals surface area (Å²) in [6.07, 6.45) is 1.21. The first kappa shape index (κ1) is 19.7. The molecule has 0 unspecified atom stereocenters. The molecule has 29 heavy (non-hydrogen) atoms. The summed E-state index contributed by atoms with van der Waals surface area (Å²) in [5.74, 6) is 0.627. The van der Waals surface area contributed by atoms with Crippen LogP contribution in [0.15, 0.2) is 85.5 Å². The molecule has 0 aromatic heterocycles. The van der Waals surface area contributed by atoms with Crippen molar-refractivity contribution >= 4 is 17.5 Å². The number of phenols is 1. The lowest BCUT2D eigenvalue weighted by atomic mass is 10.1. The topological polar surface area (TPSA) is 87.7 Å². The summed E-state index contributed by atoms with van der Waals surface area (Å²) < 4.78 is 5.81. The van der Waals surface area contributed by atoms with Gasteiger partial charge in [-0.1, -0.05) is 30.8 Å². The Morgan fingerprint density at radius 3 is 2.34 bits per heavy atom. The summed E-state index contributed by atoms with van der Waals surface area (Å²) >= 11 is 0. The number of hydrogen-bond donors (Lipinski definition) is 3. The van der Waals surface area contributed by atoms with E-state index in [4.69, 9.17) is 4.74 Å². The van der Waals surface area contributed by atoms with Gasteiger partial charge in [0.25, 0.3) is 5.91 Å². The molecule has 0 saturated carbocycles. The van der Waals surface area contributed by atoms with Crippen molar-refractivity contribution in [1.29, 1.82) is 0 Å². The minimum atomic E-state index is -0.284. The number of amides is 2. The van der Waals surface area contributed by atoms with Crippen LogP contribution in [0.4, 0.5) is 5.69 Å². The predicted octanol–water partition coefficient (Wildman–Crippen LogP) is 4.24. The number of carbonyl (C=O) groups excluding carboxylic acids is 2. The molecule has 0 heterocycles. The van der Waals surface area contributed by atoms with Crippen LogP contribution in [0.25, 0.3) is 0 Å². The van der Waals surface area contributed by atoms with Gasteiger partial charge in [-0.05, 0) is 60.2 Å². The van der Waals surface area contributed by atoms with Gasteiger partial charge in [0.2, 0.25) is 5.91 Å². The normalized spacial score (nSPS) is 10.1. The Labute approximate surface area is 168 Å². The molecule has 0 fully saturated rings. The highest BCUT2D eigenvalue weighted by Gasteiger charge is 2.11. The zero-order valence-electron chi connectivity index (χ0n) is 15.6. The summed E-state index contributed by atoms with van der Waals surface area (Å²) in [5.41, 5.74) is 1.86. The van der Waals surface area contributed by atoms with Gasteiger partial charge in [-0.25, -0.2) is 0 Å². The Morgan fingerprint density at radius 2 is 1.66 bits per heavy atom. The van der Waals surface area contributed by atoms with E-state index in [1.165, 1.54) is 18.2 Å². The summed E-state index contributed by atoms with van der Waals surface area (Å²) in [6.45, 7) is 3.76. The number of nitrogens with one attached hydrogen (secondary N) is 2. The second kappa shape index (κ2) is 9.23. The van der Waals surface area contributed by atoms with E-state index in [2.05, 4.69) is 17.2 Å². The SMILES string of the molecule is C=CC(=O)NCc1ccc(C(=O)Nc2ccccc2Oc2ccc(O)cc2)cc1. The van der Waals surface area contributed by atoms with Crippen molar-refractivity contribution < 1.29 is 19.4 Å². The van der Waals surface area contributed by atoms with Crippen molar-refractivity contribution in [2.75, 3.05) is 5.32 Å². The molecular weight excluding hydrogens is 368 g/mol. The Kier molecular flexibility index (Phi) is 6.27. The number of benzene rings is 3. The van der Waals surface area contributed by atoms with Crippen LogP contribution >= 0.6 is 0 Å². The highest BCUT2D eigenvalue weighted by atomic mass is 16.5. The molecule has 0 aliphatic heterocycles. The minimum absolute atomic E-state index is 0.145. The lowest BCUT2D eigenvalue weighted by Crippen LogP contribution is -2.20. The molecule has 0 radical (unpaired) electrons. The van der Waals surface area contributed by atoms with Crippen LogP contribution in [-0.4, -0.2) is 16.9 Å². The number of anilines is 1. The molecule has 3 N–H and O–H groups in total. The maximum absolute atomic E-state index is 12.6. The van der Waals surface area contributed by atoms with Crippen LogP contribution < -0.4 is 15.4 Å². The Balaban J connectivity index is 1.68. The first-order valence-electron chi connectivity index (χ1n) is 8.91. The smallest absolute Gasteiger partial charge is 0.255 e. The number of hydrogen-bond acceptors (Lipinski definition) is 4. The molecule has 6 heteroatoms. The molecule has 0 aliphatic carbocycles. The lowest BCUT2D eigenvalue weighted by Gasteiger charge is -2.12. The number of para-hydroxylation sites is 2. The van der Waals surface area contributed by atoms with Crippen LogP contribution in [0.2, 0.25) is 0 Å². The fourth-order valence-electron chi connectivity index (χ4n) is 2.53. The number of phenolic OH excluding ortho intramolecular Hbond substituents is 1. The molecule has 3 rings (SSSR count). The number of rotatable bonds is 7. The average molecular weight is 388 g/mol. The van der Waals surface area contributed by atoms with Crippen LogP contribution in [0, 0.1) is 0 Å². The fourth-order valence-corrected chi connectivity index (χ4v) is 2.53. The van der Waals surface area contributed by atoms with Crippen molar-refractivity contribution in [2.24, 2.45) is 0 Å². The van der Waals surface area contributed by atoms with Gasteiger partial charge >= 0.3 is 0 Å². The van der Waals surface area contributed by atoms with Crippen molar-refractivity contribution in [1.82, 2.24) is 5.32 Å². The van der Waals surface area contributed by atoms with Crippen LogP contribution in [0.1, 0.15) is 15.9 Å². The summed E-state index contributed by atoms with van der Waals surface area (Å²) in [7, 11) is 0. The Morgan fingerprint density at radius 1 is 0.966 bits per heavy atom. The molecule has 0 spiro atoms. The Hall–Kier alpha value is -4.06. The first-order chi connectivity index (χ1) is 14.0. The standard InChI is InChI=1S/C23H20N2O4/c1-2-22(27)24-15-16-7-9-17(10-8-16)23(28)25-20-5-3-4-6-21(20)29-19-13-11-18(26)12-14-19/h2-14,26H,1,15H2,(H,24,27)(H,25,28). The van der Waals surface area contributed by atoms with Crippen LogP contribution in [-0.2, 0) is 11.3 Å². The van der Waals surface area contributed by atoms with E-state index in [-0.39, 0.29) is 17.6 Å². The van der Waals surface area contributed by atoms with Crippen molar-refractivity contribution in [3.05, 3.63) is 96.6 Å². The zero-order valence-corrected chi connectivity index (χ0v) is 15.6. The summed E-state index contributed by atoms with van der Waals surface area (Å²) in [5, 5.41) is 14.9. The van der Waals surface area contributed by atoms with Gasteiger partial charge in [0.15, 0.2) is 5.75 Å². The minimum Gasteiger partial charge on any atom is -0.508 e. The summed E-state index contributed by atoms with van der Waals surface area (Å²) in [6, 6.07) is 20.3. The van der Waals surface area contributed by atoms with Gasteiger partial charge in [-0.3, -0.25) is 9.59 Å². The largest absolute Gasteiger partial charge is 0.508 e. The van der Waals surface area contributed by atoms with E-state index in [0.29, 0.717) is 29.3 Å². The fraction of sp³-hybridized carbons (Fsp3) is 0.0435. The van der Waals surface area contributed by atoms with E-state index < -0.39 is 0 Å². The van der Waals surface area contributed by atoms with Gasteiger partial charge in [-0.15, -0.1) is 0 Å². The molecule has 0 bridgehead atoms. The van der Waals surface area contributed by atoms with Crippen molar-refractivity contribution in [3.8, 4) is 17.2 Å². The van der Waals surface area contributed by atoms with E-state index in [1.807, 2.05) is 0 Å². The molecule has 146 valence electrons. The third kappa shape index (κ3) is 5.46. The molecular formula is C23H20N2O4. The average Bonchev–Trinajstić information content (AvgIpc) is 2.75. The molecule has 0 atom stereocenters. The predicted molar refractivity (Wildman–Crippen MR) is 111 cm³/mol. The van der Waals surface area contributed by atoms with Gasteiger partial charge in [-0.2, -0.15) is 0 Å². The zero-order chi connectivity index (χ0) is 20.6. The second-order valence-corrected chi connectivity index (χ2v) is 6.17. The third-order valence-electron chi connectivity index (χ3n) is 4.07. The summed E-state index contributed by atoms with van der Waals surface area (Å²) in [4.78, 5) is 23.8. The Bertz CT molecular complexity index is 1010. The maximum atomic E-state index is 12.6. The molecule has 3 aromatic rings. The van der Waals surface area contributed by atoms with E-state index in [0.717, 1.165) is 5.56 Å². The van der Waals surface area contributed by atoms with Crippen molar-refractivity contribution in [2.45, 2.75) is 6.54 Å². The number of ether oxygens (including phenoxy) is 1. The highest BCUT2D eigenvalue weighted by Crippen LogP contribution is 2.30. The quantitative estimate of drug-likeness (QED) is 0.528. The second-order valence-electron chi connectivity index (χ2n) is 6.17. The number of carbonyl (C=O) groups is 2. The van der Waals surface area contributed by atoms with E-state index in [1.54, 1.807) is 60.7 Å². The van der Waals surface area contributed by atoms with Crippen LogP contribution in [0.3, 0.4) is 0 Å². The monoisotopic (exact) mass is 388 g/mol. The van der Waals surface area contributed by atoms with Gasteiger partial charge in [0.05, 0.1) is 5.69 Å². The molecule has 6 nitrogen and oxygen atoms in total. The third-order valence-corrected chi connectivity index (χ3v) is 4.07. The highest BCUT2D eigenvalue weighted by molar-refractivity contribution is 6.05. The number of aromatic hydroxyl groups is 1. The first-order valence-corrected chi connectivity index (χ1v) is 8.91.